The van der Waals surface area contributed by atoms with Crippen LogP contribution in [0.2, 0.25) is 0 Å². The molecule has 0 N–H and O–H groups in total. The molecule has 1 heterocycles. The molecule has 132 valence electrons. The highest BCUT2D eigenvalue weighted by molar-refractivity contribution is 5.75. The molecule has 0 amide bonds. The summed E-state index contributed by atoms with van der Waals surface area (Å²) < 4.78 is 6.07. The molecule has 3 heteroatoms. The van der Waals surface area contributed by atoms with Gasteiger partial charge in [-0.2, -0.15) is 0 Å². The van der Waals surface area contributed by atoms with Crippen molar-refractivity contribution in [2.24, 2.45) is 0 Å². The first-order valence-corrected chi connectivity index (χ1v) is 9.26. The van der Waals surface area contributed by atoms with Crippen molar-refractivity contribution in [2.75, 3.05) is 18.0 Å². The Morgan fingerprint density at radius 2 is 1.84 bits per heavy atom. The minimum Gasteiger partial charge on any atom is -0.489 e. The fraction of sp³-hybridized carbons (Fsp3) is 0.409. The van der Waals surface area contributed by atoms with Gasteiger partial charge in [0.25, 0.3) is 0 Å². The second-order valence-electron chi connectivity index (χ2n) is 6.86. The third kappa shape index (κ3) is 5.35. The van der Waals surface area contributed by atoms with Crippen LogP contribution in [-0.2, 0) is 11.2 Å². The molecule has 1 atom stereocenters. The first-order valence-electron chi connectivity index (χ1n) is 9.26. The third-order valence-electron chi connectivity index (χ3n) is 4.74. The molecule has 0 radical (unpaired) electrons. The van der Waals surface area contributed by atoms with E-state index < -0.39 is 0 Å². The van der Waals surface area contributed by atoms with Gasteiger partial charge in [0, 0.05) is 25.1 Å². The Labute approximate surface area is 150 Å². The van der Waals surface area contributed by atoms with Crippen molar-refractivity contribution in [3.8, 4) is 5.75 Å². The second-order valence-corrected chi connectivity index (χ2v) is 6.86. The average Bonchev–Trinajstić information content (AvgIpc) is 3.08. The zero-order valence-corrected chi connectivity index (χ0v) is 15.0. The first kappa shape index (κ1) is 17.5. The molecule has 1 unspecified atom stereocenters. The summed E-state index contributed by atoms with van der Waals surface area (Å²) in [6.45, 7) is 3.64. The number of nitrogens with zero attached hydrogens (tertiary/aromatic N) is 1. The van der Waals surface area contributed by atoms with Gasteiger partial charge >= 0.3 is 0 Å². The predicted molar refractivity (Wildman–Crippen MR) is 102 cm³/mol. The molecule has 1 aliphatic heterocycles. The molecule has 1 aliphatic rings. The topological polar surface area (TPSA) is 29.5 Å². The Morgan fingerprint density at radius 1 is 1.08 bits per heavy atom. The van der Waals surface area contributed by atoms with Crippen LogP contribution in [-0.4, -0.2) is 25.0 Å². The Bertz CT molecular complexity index is 666. The van der Waals surface area contributed by atoms with E-state index in [0.29, 0.717) is 6.42 Å². The van der Waals surface area contributed by atoms with Gasteiger partial charge in [0.1, 0.15) is 17.6 Å². The molecule has 2 aromatic rings. The lowest BCUT2D eigenvalue weighted by atomic mass is 10.1. The number of carbonyl (C=O) groups excluding carboxylic acids is 1. The van der Waals surface area contributed by atoms with Crippen molar-refractivity contribution in [3.63, 3.8) is 0 Å². The standard InChI is InChI=1S/C22H27NO2/c1-18(24)7-5-6-8-19-11-13-20(14-12-19)23-16-15-22(17-23)25-21-9-3-2-4-10-21/h2-4,9-14,22H,5-8,15-17H2,1H3. The van der Waals surface area contributed by atoms with E-state index >= 15 is 0 Å². The minimum atomic E-state index is 0.258. The maximum absolute atomic E-state index is 11.0. The molecular weight excluding hydrogens is 310 g/mol. The number of rotatable bonds is 8. The molecule has 0 spiro atoms. The van der Waals surface area contributed by atoms with Crippen molar-refractivity contribution in [2.45, 2.75) is 45.1 Å². The molecule has 3 rings (SSSR count). The van der Waals surface area contributed by atoms with Crippen molar-refractivity contribution < 1.29 is 9.53 Å². The van der Waals surface area contributed by atoms with Crippen LogP contribution < -0.4 is 9.64 Å². The molecular formula is C22H27NO2. The van der Waals surface area contributed by atoms with Gasteiger partial charge in [-0.3, -0.25) is 0 Å². The van der Waals surface area contributed by atoms with Crippen molar-refractivity contribution in [1.82, 2.24) is 0 Å². The van der Waals surface area contributed by atoms with E-state index in [1.165, 1.54) is 11.3 Å². The molecule has 0 aromatic heterocycles. The van der Waals surface area contributed by atoms with Gasteiger partial charge in [-0.1, -0.05) is 30.3 Å². The van der Waals surface area contributed by atoms with Gasteiger partial charge in [0.05, 0.1) is 6.54 Å². The normalized spacial score (nSPS) is 16.8. The van der Waals surface area contributed by atoms with Crippen molar-refractivity contribution in [3.05, 3.63) is 60.2 Å². The van der Waals surface area contributed by atoms with Crippen LogP contribution in [0.15, 0.2) is 54.6 Å². The van der Waals surface area contributed by atoms with Crippen LogP contribution in [0.3, 0.4) is 0 Å². The molecule has 0 bridgehead atoms. The lowest BCUT2D eigenvalue weighted by molar-refractivity contribution is -0.117. The smallest absolute Gasteiger partial charge is 0.129 e. The highest BCUT2D eigenvalue weighted by Gasteiger charge is 2.24. The zero-order valence-electron chi connectivity index (χ0n) is 15.0. The SMILES string of the molecule is CC(=O)CCCCc1ccc(N2CCC(Oc3ccccc3)C2)cc1. The van der Waals surface area contributed by atoms with E-state index in [4.69, 9.17) is 4.74 Å². The number of aryl methyl sites for hydroxylation is 1. The van der Waals surface area contributed by atoms with E-state index in [-0.39, 0.29) is 11.9 Å². The van der Waals surface area contributed by atoms with Gasteiger partial charge in [0.2, 0.25) is 0 Å². The van der Waals surface area contributed by atoms with Crippen LogP contribution >= 0.6 is 0 Å². The summed E-state index contributed by atoms with van der Waals surface area (Å²) in [6, 6.07) is 18.9. The Morgan fingerprint density at radius 3 is 2.56 bits per heavy atom. The van der Waals surface area contributed by atoms with Crippen LogP contribution in [0, 0.1) is 0 Å². The number of Topliss-reactive ketones (excluding diaryl/α,β-unsaturated/α-hetero) is 1. The van der Waals surface area contributed by atoms with Crippen molar-refractivity contribution in [1.29, 1.82) is 0 Å². The number of anilines is 1. The number of unbranched alkanes of at least 4 members (excludes halogenated alkanes) is 1. The molecule has 2 aromatic carbocycles. The first-order chi connectivity index (χ1) is 12.2. The molecule has 1 saturated heterocycles. The van der Waals surface area contributed by atoms with Gasteiger partial charge in [-0.05, 0) is 56.0 Å². The predicted octanol–water partition coefficient (Wildman–Crippen LogP) is 4.65. The quantitative estimate of drug-likeness (QED) is 0.657. The summed E-state index contributed by atoms with van der Waals surface area (Å²) in [5, 5.41) is 0. The second kappa shape index (κ2) is 8.70. The van der Waals surface area contributed by atoms with Crippen LogP contribution in [0.5, 0.6) is 5.75 Å². The van der Waals surface area contributed by atoms with Gasteiger partial charge in [-0.25, -0.2) is 0 Å². The zero-order chi connectivity index (χ0) is 17.5. The fourth-order valence-corrected chi connectivity index (χ4v) is 3.33. The Balaban J connectivity index is 1.47. The number of benzene rings is 2. The maximum Gasteiger partial charge on any atom is 0.129 e. The number of hydrogen-bond acceptors (Lipinski definition) is 3. The fourth-order valence-electron chi connectivity index (χ4n) is 3.33. The van der Waals surface area contributed by atoms with Crippen LogP contribution in [0.1, 0.15) is 38.2 Å². The molecule has 0 aliphatic carbocycles. The van der Waals surface area contributed by atoms with Crippen LogP contribution in [0.25, 0.3) is 0 Å². The number of ketones is 1. The van der Waals surface area contributed by atoms with E-state index in [0.717, 1.165) is 44.5 Å². The van der Waals surface area contributed by atoms with Gasteiger partial charge in [-0.15, -0.1) is 0 Å². The van der Waals surface area contributed by atoms with Gasteiger partial charge < -0.3 is 14.4 Å². The lowest BCUT2D eigenvalue weighted by Crippen LogP contribution is -2.24. The summed E-state index contributed by atoms with van der Waals surface area (Å²) in [5.41, 5.74) is 2.62. The van der Waals surface area contributed by atoms with E-state index in [1.807, 2.05) is 30.3 Å². The molecule has 1 fully saturated rings. The summed E-state index contributed by atoms with van der Waals surface area (Å²) in [5.74, 6) is 1.24. The summed E-state index contributed by atoms with van der Waals surface area (Å²) in [7, 11) is 0. The summed E-state index contributed by atoms with van der Waals surface area (Å²) >= 11 is 0. The largest absolute Gasteiger partial charge is 0.489 e. The Hall–Kier alpha value is -2.29. The van der Waals surface area contributed by atoms with Gasteiger partial charge in [0.15, 0.2) is 0 Å². The minimum absolute atomic E-state index is 0.258. The maximum atomic E-state index is 11.0. The number of ether oxygens (including phenoxy) is 1. The highest BCUT2D eigenvalue weighted by atomic mass is 16.5. The molecule has 25 heavy (non-hydrogen) atoms. The average molecular weight is 337 g/mol. The molecule has 0 saturated carbocycles. The van der Waals surface area contributed by atoms with E-state index in [2.05, 4.69) is 29.2 Å². The molecule has 3 nitrogen and oxygen atoms in total. The van der Waals surface area contributed by atoms with E-state index in [1.54, 1.807) is 6.92 Å². The monoisotopic (exact) mass is 337 g/mol. The summed E-state index contributed by atoms with van der Waals surface area (Å²) in [6.07, 6.45) is 5.13. The van der Waals surface area contributed by atoms with Crippen molar-refractivity contribution >= 4 is 11.5 Å². The van der Waals surface area contributed by atoms with E-state index in [9.17, 15) is 4.79 Å². The number of hydrogen-bond donors (Lipinski definition) is 0. The summed E-state index contributed by atoms with van der Waals surface area (Å²) in [4.78, 5) is 13.4. The van der Waals surface area contributed by atoms with Crippen LogP contribution in [0.4, 0.5) is 5.69 Å². The highest BCUT2D eigenvalue weighted by Crippen LogP contribution is 2.24. The Kier molecular flexibility index (Phi) is 6.10. The third-order valence-corrected chi connectivity index (χ3v) is 4.74. The lowest BCUT2D eigenvalue weighted by Gasteiger charge is -2.19. The number of para-hydroxylation sites is 1. The number of carbonyl (C=O) groups is 1.